The molecule has 1 aliphatic heterocycles. The standard InChI is InChI=1S/C29H32N2O4.C11H12O4/c1-5-8-25-18-31(28(33)26(25)6-2)17-22-10-7-9-21(15-22)16-30-27(32)23-11-13-24(14-12-23)29(34)35-19-20(3)4;1-7(2)15-11(14)9-5-3-8(4-6-9)10(12)13/h5-15,20H,2,16-19H2,1,3-4H3,(H,30,32);3-7H,1-2H3,(H,12,13)/b8-5-;. The van der Waals surface area contributed by atoms with Crippen molar-refractivity contribution in [2.45, 2.75) is 53.8 Å². The molecule has 0 radical (unpaired) electrons. The van der Waals surface area contributed by atoms with Crippen LogP contribution >= 0.6 is 0 Å². The maximum Gasteiger partial charge on any atom is 0.338 e. The van der Waals surface area contributed by atoms with E-state index in [1.807, 2.05) is 57.2 Å². The molecule has 0 saturated carbocycles. The van der Waals surface area contributed by atoms with Gasteiger partial charge in [-0.15, -0.1) is 0 Å². The Labute approximate surface area is 293 Å². The molecule has 1 aliphatic rings. The normalized spacial score (nSPS) is 12.5. The van der Waals surface area contributed by atoms with Crippen molar-refractivity contribution in [2.24, 2.45) is 5.92 Å². The van der Waals surface area contributed by atoms with Gasteiger partial charge in [-0.3, -0.25) is 9.59 Å². The van der Waals surface area contributed by atoms with Crippen LogP contribution in [0.25, 0.3) is 0 Å². The highest BCUT2D eigenvalue weighted by Gasteiger charge is 2.27. The molecule has 4 rings (SSSR count). The van der Waals surface area contributed by atoms with E-state index >= 15 is 0 Å². The van der Waals surface area contributed by atoms with E-state index in [0.29, 0.717) is 48.5 Å². The molecule has 3 aromatic rings. The number of hydrogen-bond donors (Lipinski definition) is 2. The van der Waals surface area contributed by atoms with Gasteiger partial charge in [0, 0.05) is 30.8 Å². The van der Waals surface area contributed by atoms with Crippen LogP contribution in [-0.2, 0) is 27.4 Å². The first-order valence-corrected chi connectivity index (χ1v) is 16.3. The van der Waals surface area contributed by atoms with Crippen LogP contribution in [0, 0.1) is 5.92 Å². The number of allylic oxidation sites excluding steroid dienone is 1. The average molecular weight is 681 g/mol. The summed E-state index contributed by atoms with van der Waals surface area (Å²) in [6, 6.07) is 19.9. The molecule has 10 nitrogen and oxygen atoms in total. The van der Waals surface area contributed by atoms with Gasteiger partial charge in [0.2, 0.25) is 0 Å². The fourth-order valence-corrected chi connectivity index (χ4v) is 4.82. The van der Waals surface area contributed by atoms with Crippen LogP contribution in [0.5, 0.6) is 0 Å². The first kappa shape index (κ1) is 38.7. The van der Waals surface area contributed by atoms with Crippen LogP contribution < -0.4 is 5.32 Å². The third kappa shape index (κ3) is 11.4. The molecular formula is C40H44N2O8. The molecule has 0 bridgehead atoms. The maximum atomic E-state index is 12.7. The van der Waals surface area contributed by atoms with Gasteiger partial charge in [-0.25, -0.2) is 14.4 Å². The zero-order chi connectivity index (χ0) is 36.8. The number of rotatable bonds is 13. The molecule has 2 N–H and O–H groups in total. The van der Waals surface area contributed by atoms with Gasteiger partial charge in [-0.05, 0) is 91.9 Å². The fourth-order valence-electron chi connectivity index (χ4n) is 4.82. The predicted molar refractivity (Wildman–Crippen MR) is 191 cm³/mol. The molecule has 2 amide bonds. The summed E-state index contributed by atoms with van der Waals surface area (Å²) < 4.78 is 10.2. The average Bonchev–Trinajstić information content (AvgIpc) is 3.39. The number of nitrogens with one attached hydrogen (secondary N) is 1. The summed E-state index contributed by atoms with van der Waals surface area (Å²) in [6.07, 6.45) is 5.30. The molecule has 262 valence electrons. The SMILES string of the molecule is C=CC1=C(/C=C\C)CN(Cc2cccc(CNC(=O)c3ccc(C(=O)OCC(C)C)cc3)c2)C1=O.CC(C)OC(=O)c1ccc(C(=O)O)cc1. The molecule has 1 heterocycles. The number of carbonyl (C=O) groups is 5. The monoisotopic (exact) mass is 680 g/mol. The highest BCUT2D eigenvalue weighted by atomic mass is 16.5. The number of ether oxygens (including phenoxy) is 2. The van der Waals surface area contributed by atoms with E-state index in [4.69, 9.17) is 14.6 Å². The van der Waals surface area contributed by atoms with E-state index in [1.165, 1.54) is 24.3 Å². The zero-order valence-corrected chi connectivity index (χ0v) is 29.1. The van der Waals surface area contributed by atoms with E-state index in [9.17, 15) is 24.0 Å². The predicted octanol–water partition coefficient (Wildman–Crippen LogP) is 6.78. The Bertz CT molecular complexity index is 1750. The summed E-state index contributed by atoms with van der Waals surface area (Å²) in [7, 11) is 0. The third-order valence-corrected chi connectivity index (χ3v) is 7.26. The van der Waals surface area contributed by atoms with Gasteiger partial charge >= 0.3 is 17.9 Å². The van der Waals surface area contributed by atoms with Crippen LogP contribution in [-0.4, -0.2) is 59.0 Å². The Hall–Kier alpha value is -5.77. The minimum Gasteiger partial charge on any atom is -0.478 e. The van der Waals surface area contributed by atoms with E-state index in [2.05, 4.69) is 11.9 Å². The van der Waals surface area contributed by atoms with Crippen molar-refractivity contribution < 1.29 is 38.6 Å². The van der Waals surface area contributed by atoms with E-state index in [-0.39, 0.29) is 29.4 Å². The van der Waals surface area contributed by atoms with Gasteiger partial charge in [0.15, 0.2) is 0 Å². The number of carboxylic acid groups (broad SMARTS) is 1. The number of amides is 2. The highest BCUT2D eigenvalue weighted by Crippen LogP contribution is 2.23. The van der Waals surface area contributed by atoms with Crippen molar-refractivity contribution in [3.05, 3.63) is 142 Å². The molecule has 50 heavy (non-hydrogen) atoms. The molecule has 0 saturated heterocycles. The zero-order valence-electron chi connectivity index (χ0n) is 29.1. The van der Waals surface area contributed by atoms with Crippen LogP contribution in [0.1, 0.15) is 87.2 Å². The smallest absolute Gasteiger partial charge is 0.338 e. The Balaban J connectivity index is 0.000000376. The largest absolute Gasteiger partial charge is 0.478 e. The second-order valence-electron chi connectivity index (χ2n) is 12.2. The lowest BCUT2D eigenvalue weighted by Gasteiger charge is -2.17. The van der Waals surface area contributed by atoms with Crippen molar-refractivity contribution in [3.63, 3.8) is 0 Å². The number of esters is 2. The minimum absolute atomic E-state index is 0.0247. The number of carboxylic acids is 1. The lowest BCUT2D eigenvalue weighted by atomic mass is 10.1. The Morgan fingerprint density at radius 3 is 2.02 bits per heavy atom. The first-order chi connectivity index (χ1) is 23.8. The van der Waals surface area contributed by atoms with E-state index < -0.39 is 17.9 Å². The molecule has 0 fully saturated rings. The quantitative estimate of drug-likeness (QED) is 0.188. The van der Waals surface area contributed by atoms with Crippen molar-refractivity contribution in [1.82, 2.24) is 10.2 Å². The number of nitrogens with zero attached hydrogens (tertiary/aromatic N) is 1. The number of carbonyl (C=O) groups excluding carboxylic acids is 4. The van der Waals surface area contributed by atoms with Crippen LogP contribution in [0.15, 0.2) is 109 Å². The van der Waals surface area contributed by atoms with E-state index in [0.717, 1.165) is 16.7 Å². The van der Waals surface area contributed by atoms with Crippen molar-refractivity contribution in [1.29, 1.82) is 0 Å². The number of hydrogen-bond acceptors (Lipinski definition) is 7. The maximum absolute atomic E-state index is 12.7. The van der Waals surface area contributed by atoms with Gasteiger partial charge in [0.05, 0.1) is 29.4 Å². The minimum atomic E-state index is -1.02. The molecular weight excluding hydrogens is 636 g/mol. The van der Waals surface area contributed by atoms with Crippen molar-refractivity contribution in [2.75, 3.05) is 13.2 Å². The summed E-state index contributed by atoms with van der Waals surface area (Å²) in [6.45, 7) is 14.9. The molecule has 0 spiro atoms. The highest BCUT2D eigenvalue weighted by molar-refractivity contribution is 6.00. The van der Waals surface area contributed by atoms with Gasteiger partial charge < -0.3 is 24.8 Å². The van der Waals surface area contributed by atoms with Crippen LogP contribution in [0.3, 0.4) is 0 Å². The summed E-state index contributed by atoms with van der Waals surface area (Å²) in [5, 5.41) is 11.6. The lowest BCUT2D eigenvalue weighted by Crippen LogP contribution is -2.26. The van der Waals surface area contributed by atoms with Gasteiger partial charge in [-0.2, -0.15) is 0 Å². The molecule has 0 aromatic heterocycles. The number of benzene rings is 3. The van der Waals surface area contributed by atoms with Crippen molar-refractivity contribution >= 4 is 29.7 Å². The second kappa shape index (κ2) is 18.7. The van der Waals surface area contributed by atoms with Crippen LogP contribution in [0.2, 0.25) is 0 Å². The summed E-state index contributed by atoms with van der Waals surface area (Å²) in [4.78, 5) is 61.0. The fraction of sp³-hybridized carbons (Fsp3) is 0.275. The Morgan fingerprint density at radius 1 is 0.880 bits per heavy atom. The second-order valence-corrected chi connectivity index (χ2v) is 12.2. The van der Waals surface area contributed by atoms with Crippen molar-refractivity contribution in [3.8, 4) is 0 Å². The molecule has 0 atom stereocenters. The lowest BCUT2D eigenvalue weighted by molar-refractivity contribution is -0.125. The summed E-state index contributed by atoms with van der Waals surface area (Å²) in [5.41, 5.74) is 4.91. The van der Waals surface area contributed by atoms with Gasteiger partial charge in [0.1, 0.15) is 0 Å². The molecule has 0 unspecified atom stereocenters. The molecule has 10 heteroatoms. The summed E-state index contributed by atoms with van der Waals surface area (Å²) in [5.74, 6) is -1.85. The first-order valence-electron chi connectivity index (χ1n) is 16.3. The third-order valence-electron chi connectivity index (χ3n) is 7.26. The Morgan fingerprint density at radius 2 is 1.46 bits per heavy atom. The topological polar surface area (TPSA) is 139 Å². The molecule has 0 aliphatic carbocycles. The van der Waals surface area contributed by atoms with Gasteiger partial charge in [-0.1, -0.05) is 62.9 Å². The van der Waals surface area contributed by atoms with Crippen LogP contribution in [0.4, 0.5) is 0 Å². The van der Waals surface area contributed by atoms with E-state index in [1.54, 1.807) is 49.1 Å². The summed E-state index contributed by atoms with van der Waals surface area (Å²) >= 11 is 0. The van der Waals surface area contributed by atoms with Gasteiger partial charge in [0.25, 0.3) is 11.8 Å². The molecule has 3 aromatic carbocycles. The number of aromatic carboxylic acids is 1. The Kier molecular flexibility index (Phi) is 14.5.